The van der Waals surface area contributed by atoms with Crippen LogP contribution >= 0.6 is 0 Å². The van der Waals surface area contributed by atoms with Gasteiger partial charge in [0.1, 0.15) is 0 Å². The molecule has 0 saturated heterocycles. The lowest BCUT2D eigenvalue weighted by molar-refractivity contribution is -0.143. The lowest BCUT2D eigenvalue weighted by atomic mass is 10.0. The zero-order chi connectivity index (χ0) is 45.1. The highest BCUT2D eigenvalue weighted by molar-refractivity contribution is 5.76. The van der Waals surface area contributed by atoms with Crippen LogP contribution in [0, 0.1) is 0 Å². The highest BCUT2D eigenvalue weighted by Gasteiger charge is 2.20. The van der Waals surface area contributed by atoms with Crippen LogP contribution in [0.4, 0.5) is 0 Å². The predicted molar refractivity (Wildman–Crippen MR) is 269 cm³/mol. The zero-order valence-corrected chi connectivity index (χ0v) is 41.4. The smallest absolute Gasteiger partial charge is 0.305 e. The number of rotatable bonds is 50. The second kappa shape index (κ2) is 51.7. The van der Waals surface area contributed by atoms with E-state index in [1.807, 2.05) is 0 Å². The molecule has 0 bridgehead atoms. The van der Waals surface area contributed by atoms with E-state index in [1.165, 1.54) is 161 Å². The van der Waals surface area contributed by atoms with Crippen LogP contribution in [0.1, 0.15) is 284 Å². The van der Waals surface area contributed by atoms with Gasteiger partial charge in [0.2, 0.25) is 5.91 Å². The topological polar surface area (TPSA) is 95.9 Å². The van der Waals surface area contributed by atoms with Crippen molar-refractivity contribution < 1.29 is 24.5 Å². The third-order valence-electron chi connectivity index (χ3n) is 12.4. The molecule has 0 heterocycles. The van der Waals surface area contributed by atoms with Crippen molar-refractivity contribution in [3.63, 3.8) is 0 Å². The van der Waals surface area contributed by atoms with Crippen LogP contribution in [0.2, 0.25) is 0 Å². The van der Waals surface area contributed by atoms with Gasteiger partial charge < -0.3 is 20.3 Å². The second-order valence-corrected chi connectivity index (χ2v) is 18.6. The molecule has 0 aliphatic rings. The Morgan fingerprint density at radius 3 is 1.31 bits per heavy atom. The van der Waals surface area contributed by atoms with Crippen molar-refractivity contribution in [1.29, 1.82) is 0 Å². The summed E-state index contributed by atoms with van der Waals surface area (Å²) >= 11 is 0. The number of hydrogen-bond donors (Lipinski definition) is 3. The minimum atomic E-state index is -0.688. The quantitative estimate of drug-likeness (QED) is 0.0321. The monoisotopic (exact) mass is 872 g/mol. The van der Waals surface area contributed by atoms with Gasteiger partial charge >= 0.3 is 5.97 Å². The zero-order valence-electron chi connectivity index (χ0n) is 41.4. The number of nitrogens with one attached hydrogen (secondary N) is 1. The van der Waals surface area contributed by atoms with E-state index >= 15 is 0 Å². The molecule has 0 rings (SSSR count). The predicted octanol–water partition coefficient (Wildman–Crippen LogP) is 16.5. The lowest BCUT2D eigenvalue weighted by Gasteiger charge is -2.22. The first-order chi connectivity index (χ1) is 30.5. The average molecular weight is 872 g/mol. The molecule has 0 aromatic rings. The fraction of sp³-hybridized carbons (Fsp3) is 0.857. The van der Waals surface area contributed by atoms with E-state index < -0.39 is 12.1 Å². The summed E-state index contributed by atoms with van der Waals surface area (Å²) in [6.07, 6.45) is 62.7. The summed E-state index contributed by atoms with van der Waals surface area (Å²) in [6, 6.07) is -0.569. The first-order valence-electron chi connectivity index (χ1n) is 27.2. The Morgan fingerprint density at radius 1 is 0.452 bits per heavy atom. The molecule has 2 unspecified atom stereocenters. The maximum absolute atomic E-state index is 12.5. The molecule has 6 nitrogen and oxygen atoms in total. The van der Waals surface area contributed by atoms with Crippen molar-refractivity contribution in [2.24, 2.45) is 0 Å². The molecule has 0 aliphatic heterocycles. The minimum Gasteiger partial charge on any atom is -0.466 e. The molecule has 62 heavy (non-hydrogen) atoms. The van der Waals surface area contributed by atoms with Crippen molar-refractivity contribution in [1.82, 2.24) is 5.32 Å². The fourth-order valence-corrected chi connectivity index (χ4v) is 8.20. The SMILES string of the molecule is CCC/C=C\C/C=C\CCCCCCCC(=O)OCCCC/C=C\CCCCCCC(=O)NC(CO)C(O)CCCCCCCCCCCCCCCCCCCCCCCC. The van der Waals surface area contributed by atoms with E-state index in [9.17, 15) is 19.8 Å². The molecule has 6 heteroatoms. The number of carbonyl (C=O) groups is 2. The lowest BCUT2D eigenvalue weighted by Crippen LogP contribution is -2.45. The Balaban J connectivity index is 3.53. The Hall–Kier alpha value is -1.92. The number of esters is 1. The summed E-state index contributed by atoms with van der Waals surface area (Å²) in [4.78, 5) is 24.5. The maximum atomic E-state index is 12.5. The van der Waals surface area contributed by atoms with Crippen molar-refractivity contribution >= 4 is 11.9 Å². The molecule has 0 aliphatic carbocycles. The Morgan fingerprint density at radius 2 is 0.839 bits per heavy atom. The summed E-state index contributed by atoms with van der Waals surface area (Å²) in [7, 11) is 0. The average Bonchev–Trinajstić information content (AvgIpc) is 3.27. The molecule has 2 atom stereocenters. The Bertz CT molecular complexity index is 1010. The summed E-state index contributed by atoms with van der Waals surface area (Å²) in [5, 5.41) is 23.3. The Labute approximate surface area is 385 Å². The molecule has 0 aromatic carbocycles. The van der Waals surface area contributed by atoms with Gasteiger partial charge in [0.05, 0.1) is 25.4 Å². The van der Waals surface area contributed by atoms with E-state index in [2.05, 4.69) is 55.6 Å². The molecule has 0 radical (unpaired) electrons. The number of ether oxygens (including phenoxy) is 1. The highest BCUT2D eigenvalue weighted by Crippen LogP contribution is 2.17. The number of allylic oxidation sites excluding steroid dienone is 6. The molecular weight excluding hydrogens is 767 g/mol. The fourth-order valence-electron chi connectivity index (χ4n) is 8.20. The number of amides is 1. The first kappa shape index (κ1) is 60.1. The van der Waals surface area contributed by atoms with Gasteiger partial charge in [0.25, 0.3) is 0 Å². The minimum absolute atomic E-state index is 0.0514. The second-order valence-electron chi connectivity index (χ2n) is 18.6. The molecule has 0 saturated carbocycles. The molecule has 364 valence electrons. The van der Waals surface area contributed by atoms with Crippen LogP contribution in [0.25, 0.3) is 0 Å². The van der Waals surface area contributed by atoms with Gasteiger partial charge in [-0.1, -0.05) is 230 Å². The number of unbranched alkanes of at least 4 members (excludes halogenated alkanes) is 33. The van der Waals surface area contributed by atoms with Crippen molar-refractivity contribution in [2.75, 3.05) is 13.2 Å². The summed E-state index contributed by atoms with van der Waals surface area (Å²) in [5.41, 5.74) is 0. The molecule has 1 amide bonds. The van der Waals surface area contributed by atoms with Crippen LogP contribution in [-0.2, 0) is 14.3 Å². The third kappa shape index (κ3) is 47.6. The molecular formula is C56H105NO5. The van der Waals surface area contributed by atoms with Crippen LogP contribution < -0.4 is 5.32 Å². The van der Waals surface area contributed by atoms with Gasteiger partial charge in [-0.05, 0) is 77.0 Å². The number of hydrogen-bond acceptors (Lipinski definition) is 5. The van der Waals surface area contributed by atoms with E-state index in [-0.39, 0.29) is 18.5 Å². The number of aliphatic hydroxyl groups is 2. The van der Waals surface area contributed by atoms with E-state index in [0.717, 1.165) is 89.9 Å². The normalized spacial score (nSPS) is 12.9. The highest BCUT2D eigenvalue weighted by atomic mass is 16.5. The van der Waals surface area contributed by atoms with Gasteiger partial charge in [0.15, 0.2) is 0 Å². The van der Waals surface area contributed by atoms with Crippen molar-refractivity contribution in [3.8, 4) is 0 Å². The van der Waals surface area contributed by atoms with Crippen molar-refractivity contribution in [3.05, 3.63) is 36.5 Å². The molecule has 3 N–H and O–H groups in total. The largest absolute Gasteiger partial charge is 0.466 e. The van der Waals surface area contributed by atoms with Gasteiger partial charge in [0, 0.05) is 12.8 Å². The molecule has 0 aromatic heterocycles. The summed E-state index contributed by atoms with van der Waals surface area (Å²) in [6.45, 7) is 4.80. The van der Waals surface area contributed by atoms with Crippen LogP contribution in [0.15, 0.2) is 36.5 Å². The standard InChI is InChI=1S/C56H105NO5/c1-3-5-7-9-11-13-15-17-18-19-20-21-22-23-24-25-27-28-32-36-40-44-48-54(59)53(52-58)57-55(60)49-45-41-37-33-30-31-35-39-43-47-51-62-56(61)50-46-42-38-34-29-26-16-14-12-10-8-6-4-2/h8,10,14,16,31,35,53-54,58-59H,3-7,9,11-13,15,17-30,32-34,36-52H2,1-2H3,(H,57,60)/b10-8-,16-14-,35-31-. The number of carbonyl (C=O) groups excluding carboxylic acids is 2. The number of aliphatic hydroxyl groups excluding tert-OH is 2. The van der Waals surface area contributed by atoms with Gasteiger partial charge in [-0.15, -0.1) is 0 Å². The maximum Gasteiger partial charge on any atom is 0.305 e. The van der Waals surface area contributed by atoms with Gasteiger partial charge in [-0.2, -0.15) is 0 Å². The third-order valence-corrected chi connectivity index (χ3v) is 12.4. The van der Waals surface area contributed by atoms with E-state index in [0.29, 0.717) is 25.9 Å². The van der Waals surface area contributed by atoms with Crippen LogP contribution in [-0.4, -0.2) is 47.4 Å². The summed E-state index contributed by atoms with van der Waals surface area (Å²) < 4.78 is 5.42. The van der Waals surface area contributed by atoms with Gasteiger partial charge in [-0.25, -0.2) is 0 Å². The molecule has 0 fully saturated rings. The van der Waals surface area contributed by atoms with E-state index in [4.69, 9.17) is 4.74 Å². The van der Waals surface area contributed by atoms with E-state index in [1.54, 1.807) is 0 Å². The first-order valence-corrected chi connectivity index (χ1v) is 27.2. The van der Waals surface area contributed by atoms with Crippen LogP contribution in [0.3, 0.4) is 0 Å². The Kier molecular flexibility index (Phi) is 50.1. The summed E-state index contributed by atoms with van der Waals surface area (Å²) in [5.74, 6) is -0.122. The van der Waals surface area contributed by atoms with Gasteiger partial charge in [-0.3, -0.25) is 9.59 Å². The van der Waals surface area contributed by atoms with Crippen molar-refractivity contribution in [2.45, 2.75) is 296 Å². The van der Waals surface area contributed by atoms with Crippen LogP contribution in [0.5, 0.6) is 0 Å². The molecule has 0 spiro atoms.